The molecule has 2 aliphatic heterocycles. The van der Waals surface area contributed by atoms with Crippen LogP contribution in [-0.2, 0) is 16.0 Å². The Morgan fingerprint density at radius 1 is 1.21 bits per heavy atom. The lowest BCUT2D eigenvalue weighted by Gasteiger charge is -2.29. The van der Waals surface area contributed by atoms with Crippen molar-refractivity contribution >= 4 is 23.1 Å². The standard InChI is InChI=1S/C25H29N3O4S/c1-18-5-2-6-19(15-18)23-21(25(32-26-23)27-9-12-30-13-10-27)17-28(16-20-7-3-11-31-20)24(29)22-8-4-14-33-22/h2,4-6,8,14-15,20H,3,7,9-13,16-17H2,1H3/t20-/m1/s1. The summed E-state index contributed by atoms with van der Waals surface area (Å²) in [5.74, 6) is 0.746. The Balaban J connectivity index is 1.52. The smallest absolute Gasteiger partial charge is 0.264 e. The van der Waals surface area contributed by atoms with E-state index in [-0.39, 0.29) is 12.0 Å². The summed E-state index contributed by atoms with van der Waals surface area (Å²) in [7, 11) is 0. The molecule has 1 amide bonds. The normalized spacial score (nSPS) is 18.6. The van der Waals surface area contributed by atoms with Crippen molar-refractivity contribution in [1.29, 1.82) is 0 Å². The van der Waals surface area contributed by atoms with Crippen molar-refractivity contribution in [3.63, 3.8) is 0 Å². The molecule has 1 atom stereocenters. The Labute approximate surface area is 197 Å². The number of nitrogens with zero attached hydrogens (tertiary/aromatic N) is 3. The molecule has 0 bridgehead atoms. The van der Waals surface area contributed by atoms with Crippen LogP contribution in [0.5, 0.6) is 0 Å². The maximum Gasteiger partial charge on any atom is 0.264 e. The molecular formula is C25H29N3O4S. The summed E-state index contributed by atoms with van der Waals surface area (Å²) in [5, 5.41) is 6.42. The summed E-state index contributed by atoms with van der Waals surface area (Å²) >= 11 is 1.47. The van der Waals surface area contributed by atoms with E-state index in [9.17, 15) is 4.79 Å². The minimum atomic E-state index is 0.0184. The first-order valence-electron chi connectivity index (χ1n) is 11.5. The van der Waals surface area contributed by atoms with Gasteiger partial charge in [0.1, 0.15) is 5.69 Å². The predicted molar refractivity (Wildman–Crippen MR) is 128 cm³/mol. The lowest BCUT2D eigenvalue weighted by molar-refractivity contribution is 0.0511. The molecule has 1 aromatic carbocycles. The molecule has 5 rings (SSSR count). The Morgan fingerprint density at radius 2 is 2.09 bits per heavy atom. The van der Waals surface area contributed by atoms with E-state index < -0.39 is 0 Å². The van der Waals surface area contributed by atoms with Crippen LogP contribution in [0.3, 0.4) is 0 Å². The molecule has 0 unspecified atom stereocenters. The fourth-order valence-corrected chi connectivity index (χ4v) is 5.17. The second-order valence-electron chi connectivity index (χ2n) is 8.58. The molecule has 174 valence electrons. The lowest BCUT2D eigenvalue weighted by Crippen LogP contribution is -2.39. The molecule has 0 aliphatic carbocycles. The maximum absolute atomic E-state index is 13.5. The Hall–Kier alpha value is -2.68. The maximum atomic E-state index is 13.5. The van der Waals surface area contributed by atoms with E-state index in [0.717, 1.165) is 65.7 Å². The zero-order chi connectivity index (χ0) is 22.6. The molecule has 2 fully saturated rings. The van der Waals surface area contributed by atoms with Gasteiger partial charge in [0.2, 0.25) is 5.88 Å². The molecule has 33 heavy (non-hydrogen) atoms. The first-order valence-corrected chi connectivity index (χ1v) is 12.4. The number of morpholine rings is 1. The Kier molecular flexibility index (Phi) is 6.75. The van der Waals surface area contributed by atoms with Crippen LogP contribution in [0.2, 0.25) is 0 Å². The third-order valence-corrected chi connectivity index (χ3v) is 7.03. The molecule has 3 aromatic rings. The fraction of sp³-hybridized carbons (Fsp3) is 0.440. The van der Waals surface area contributed by atoms with Crippen LogP contribution >= 0.6 is 11.3 Å². The van der Waals surface area contributed by atoms with Gasteiger partial charge in [0, 0.05) is 31.8 Å². The van der Waals surface area contributed by atoms with E-state index in [1.165, 1.54) is 11.3 Å². The molecule has 4 heterocycles. The zero-order valence-corrected chi connectivity index (χ0v) is 19.7. The highest BCUT2D eigenvalue weighted by molar-refractivity contribution is 7.12. The van der Waals surface area contributed by atoms with Crippen LogP contribution in [0.15, 0.2) is 46.3 Å². The van der Waals surface area contributed by atoms with Crippen LogP contribution in [0.25, 0.3) is 11.3 Å². The zero-order valence-electron chi connectivity index (χ0n) is 18.9. The van der Waals surface area contributed by atoms with Crippen molar-refractivity contribution < 1.29 is 18.8 Å². The van der Waals surface area contributed by atoms with Gasteiger partial charge in [-0.15, -0.1) is 11.3 Å². The topological polar surface area (TPSA) is 68.0 Å². The number of ether oxygens (including phenoxy) is 2. The van der Waals surface area contributed by atoms with E-state index >= 15 is 0 Å². The van der Waals surface area contributed by atoms with Gasteiger partial charge in [-0.25, -0.2) is 0 Å². The Morgan fingerprint density at radius 3 is 2.82 bits per heavy atom. The van der Waals surface area contributed by atoms with Crippen molar-refractivity contribution in [1.82, 2.24) is 10.1 Å². The number of carbonyl (C=O) groups is 1. The van der Waals surface area contributed by atoms with Gasteiger partial charge in [0.05, 0.1) is 36.3 Å². The summed E-state index contributed by atoms with van der Waals surface area (Å²) in [5.41, 5.74) is 3.87. The highest BCUT2D eigenvalue weighted by Gasteiger charge is 2.30. The molecule has 2 saturated heterocycles. The highest BCUT2D eigenvalue weighted by Crippen LogP contribution is 2.34. The van der Waals surface area contributed by atoms with Gasteiger partial charge in [-0.1, -0.05) is 35.0 Å². The third-order valence-electron chi connectivity index (χ3n) is 6.17. The number of carbonyl (C=O) groups excluding carboxylic acids is 1. The summed E-state index contributed by atoms with van der Waals surface area (Å²) in [6.45, 7) is 6.55. The average Bonchev–Trinajstić information content (AvgIpc) is 3.61. The lowest BCUT2D eigenvalue weighted by atomic mass is 10.0. The number of benzene rings is 1. The van der Waals surface area contributed by atoms with Gasteiger partial charge in [-0.05, 0) is 37.3 Å². The molecule has 0 saturated carbocycles. The number of hydrogen-bond acceptors (Lipinski definition) is 7. The monoisotopic (exact) mass is 467 g/mol. The molecule has 2 aliphatic rings. The van der Waals surface area contributed by atoms with Gasteiger partial charge in [0.25, 0.3) is 5.91 Å². The average molecular weight is 468 g/mol. The molecule has 2 aromatic heterocycles. The van der Waals surface area contributed by atoms with E-state index in [0.29, 0.717) is 26.3 Å². The van der Waals surface area contributed by atoms with Gasteiger partial charge in [-0.2, -0.15) is 0 Å². The Bertz CT molecular complexity index is 1070. The molecular weight excluding hydrogens is 438 g/mol. The van der Waals surface area contributed by atoms with Gasteiger partial charge in [0.15, 0.2) is 0 Å². The second-order valence-corrected chi connectivity index (χ2v) is 9.53. The van der Waals surface area contributed by atoms with Crippen molar-refractivity contribution in [3.8, 4) is 11.3 Å². The number of aromatic nitrogens is 1. The van der Waals surface area contributed by atoms with E-state index in [4.69, 9.17) is 14.0 Å². The van der Waals surface area contributed by atoms with Crippen LogP contribution in [0.1, 0.15) is 33.6 Å². The summed E-state index contributed by atoms with van der Waals surface area (Å²) in [4.78, 5) is 18.3. The van der Waals surface area contributed by atoms with Gasteiger partial charge < -0.3 is 23.8 Å². The number of hydrogen-bond donors (Lipinski definition) is 0. The molecule has 0 radical (unpaired) electrons. The van der Waals surface area contributed by atoms with Crippen LogP contribution in [0.4, 0.5) is 5.88 Å². The minimum Gasteiger partial charge on any atom is -0.378 e. The quantitative estimate of drug-likeness (QED) is 0.514. The first kappa shape index (κ1) is 22.1. The van der Waals surface area contributed by atoms with Crippen LogP contribution in [0, 0.1) is 6.92 Å². The first-order chi connectivity index (χ1) is 16.2. The van der Waals surface area contributed by atoms with Crippen molar-refractivity contribution in [2.75, 3.05) is 44.4 Å². The SMILES string of the molecule is Cc1cccc(-c2noc(N3CCOCC3)c2CN(C[C@H]2CCCO2)C(=O)c2cccs2)c1. The van der Waals surface area contributed by atoms with Crippen LogP contribution in [-0.4, -0.2) is 61.5 Å². The molecule has 7 nitrogen and oxygen atoms in total. The van der Waals surface area contributed by atoms with Crippen LogP contribution < -0.4 is 4.90 Å². The minimum absolute atomic E-state index is 0.0184. The van der Waals surface area contributed by atoms with Crippen molar-refractivity contribution in [3.05, 3.63) is 57.8 Å². The van der Waals surface area contributed by atoms with Gasteiger partial charge >= 0.3 is 0 Å². The largest absolute Gasteiger partial charge is 0.378 e. The summed E-state index contributed by atoms with van der Waals surface area (Å²) in [6, 6.07) is 12.0. The number of amides is 1. The predicted octanol–water partition coefficient (Wildman–Crippen LogP) is 4.37. The van der Waals surface area contributed by atoms with E-state index in [2.05, 4.69) is 29.1 Å². The summed E-state index contributed by atoms with van der Waals surface area (Å²) < 4.78 is 17.4. The number of anilines is 1. The van der Waals surface area contributed by atoms with E-state index in [1.54, 1.807) is 0 Å². The number of rotatable bonds is 7. The molecule has 8 heteroatoms. The van der Waals surface area contributed by atoms with Crippen molar-refractivity contribution in [2.45, 2.75) is 32.4 Å². The fourth-order valence-electron chi connectivity index (χ4n) is 4.48. The molecule has 0 spiro atoms. The summed E-state index contributed by atoms with van der Waals surface area (Å²) in [6.07, 6.45) is 2.06. The van der Waals surface area contributed by atoms with Crippen molar-refractivity contribution in [2.24, 2.45) is 0 Å². The molecule has 0 N–H and O–H groups in total. The van der Waals surface area contributed by atoms with Gasteiger partial charge in [-0.3, -0.25) is 4.79 Å². The second kappa shape index (κ2) is 10.1. The highest BCUT2D eigenvalue weighted by atomic mass is 32.1. The number of thiophene rings is 1. The van der Waals surface area contributed by atoms with E-state index in [1.807, 2.05) is 34.5 Å². The number of aryl methyl sites for hydroxylation is 1. The third kappa shape index (κ3) is 4.98.